The van der Waals surface area contributed by atoms with Gasteiger partial charge in [0.1, 0.15) is 5.82 Å². The molecule has 2 heterocycles. The summed E-state index contributed by atoms with van der Waals surface area (Å²) in [5.41, 5.74) is -0.131. The Kier molecular flexibility index (Phi) is 5.18. The zero-order valence-electron chi connectivity index (χ0n) is 14.5. The van der Waals surface area contributed by atoms with Gasteiger partial charge in [0.25, 0.3) is 0 Å². The van der Waals surface area contributed by atoms with E-state index < -0.39 is 0 Å². The highest BCUT2D eigenvalue weighted by molar-refractivity contribution is 5.89. The minimum Gasteiger partial charge on any atom is -0.339 e. The van der Waals surface area contributed by atoms with E-state index in [2.05, 4.69) is 20.6 Å². The highest BCUT2D eigenvalue weighted by Crippen LogP contribution is 2.19. The number of carbonyl (C=O) groups excluding carboxylic acids is 1. The van der Waals surface area contributed by atoms with Crippen LogP contribution in [0.15, 0.2) is 16.8 Å². The molecule has 0 aliphatic rings. The van der Waals surface area contributed by atoms with Crippen LogP contribution in [0.25, 0.3) is 0 Å². The molecular formula is C16H25N5O2. The first-order chi connectivity index (χ1) is 10.8. The predicted octanol–water partition coefficient (Wildman–Crippen LogP) is 3.11. The van der Waals surface area contributed by atoms with E-state index in [4.69, 9.17) is 4.52 Å². The molecule has 0 atom stereocenters. The molecule has 2 aromatic heterocycles. The zero-order valence-corrected chi connectivity index (χ0v) is 14.5. The second-order valence-electron chi connectivity index (χ2n) is 6.92. The van der Waals surface area contributed by atoms with Crippen LogP contribution in [0.4, 0.5) is 5.82 Å². The van der Waals surface area contributed by atoms with Crippen LogP contribution in [0, 0.1) is 0 Å². The Morgan fingerprint density at radius 3 is 2.74 bits per heavy atom. The predicted molar refractivity (Wildman–Crippen MR) is 87.2 cm³/mol. The number of nitrogens with one attached hydrogen (secondary N) is 1. The fourth-order valence-corrected chi connectivity index (χ4v) is 2.09. The van der Waals surface area contributed by atoms with Crippen LogP contribution in [0.2, 0.25) is 0 Å². The lowest BCUT2D eigenvalue weighted by molar-refractivity contribution is -0.116. The van der Waals surface area contributed by atoms with Crippen LogP contribution in [0.1, 0.15) is 65.2 Å². The highest BCUT2D eigenvalue weighted by atomic mass is 16.5. The third kappa shape index (κ3) is 4.64. The number of nitrogens with zero attached hydrogens (tertiary/aromatic N) is 4. The first-order valence-electron chi connectivity index (χ1n) is 7.94. The monoisotopic (exact) mass is 319 g/mol. The third-order valence-electron chi connectivity index (χ3n) is 3.36. The van der Waals surface area contributed by atoms with Gasteiger partial charge in [-0.3, -0.25) is 4.79 Å². The van der Waals surface area contributed by atoms with Gasteiger partial charge < -0.3 is 9.84 Å². The topological polar surface area (TPSA) is 85.8 Å². The molecule has 2 aromatic rings. The van der Waals surface area contributed by atoms with Gasteiger partial charge >= 0.3 is 0 Å². The second kappa shape index (κ2) is 6.93. The number of hydrogen-bond donors (Lipinski definition) is 1. The lowest BCUT2D eigenvalue weighted by Gasteiger charge is -2.11. The number of amides is 1. The maximum absolute atomic E-state index is 12.0. The molecule has 126 valence electrons. The van der Waals surface area contributed by atoms with E-state index in [-0.39, 0.29) is 17.4 Å². The number of anilines is 1. The average molecular weight is 319 g/mol. The van der Waals surface area contributed by atoms with Crippen molar-refractivity contribution in [2.45, 2.75) is 65.3 Å². The van der Waals surface area contributed by atoms with Gasteiger partial charge in [-0.25, -0.2) is 4.68 Å². The molecule has 0 aromatic carbocycles. The minimum atomic E-state index is -0.131. The largest absolute Gasteiger partial charge is 0.339 e. The SMILES string of the molecule is CC(C)n1nccc1NC(=O)CCCc1nc(C(C)(C)C)no1. The molecule has 0 bridgehead atoms. The lowest BCUT2D eigenvalue weighted by atomic mass is 9.96. The van der Waals surface area contributed by atoms with Gasteiger partial charge in [-0.1, -0.05) is 25.9 Å². The Bertz CT molecular complexity index is 651. The Morgan fingerprint density at radius 2 is 2.13 bits per heavy atom. The molecule has 7 nitrogen and oxygen atoms in total. The summed E-state index contributed by atoms with van der Waals surface area (Å²) in [6.07, 6.45) is 3.34. The number of carbonyl (C=O) groups is 1. The van der Waals surface area contributed by atoms with E-state index in [1.54, 1.807) is 16.9 Å². The zero-order chi connectivity index (χ0) is 17.0. The van der Waals surface area contributed by atoms with Crippen molar-refractivity contribution in [3.05, 3.63) is 24.0 Å². The van der Waals surface area contributed by atoms with Crippen LogP contribution in [-0.4, -0.2) is 25.8 Å². The van der Waals surface area contributed by atoms with E-state index in [9.17, 15) is 4.79 Å². The van der Waals surface area contributed by atoms with Crippen molar-refractivity contribution in [2.75, 3.05) is 5.32 Å². The Morgan fingerprint density at radius 1 is 1.39 bits per heavy atom. The molecular weight excluding hydrogens is 294 g/mol. The fourth-order valence-electron chi connectivity index (χ4n) is 2.09. The van der Waals surface area contributed by atoms with Crippen LogP contribution < -0.4 is 5.32 Å². The normalized spacial score (nSPS) is 11.9. The van der Waals surface area contributed by atoms with Gasteiger partial charge in [-0.15, -0.1) is 0 Å². The van der Waals surface area contributed by atoms with Crippen molar-refractivity contribution in [3.63, 3.8) is 0 Å². The summed E-state index contributed by atoms with van der Waals surface area (Å²) in [6, 6.07) is 2.00. The summed E-state index contributed by atoms with van der Waals surface area (Å²) in [5.74, 6) is 1.95. The van der Waals surface area contributed by atoms with E-state index in [1.807, 2.05) is 34.6 Å². The van der Waals surface area contributed by atoms with Gasteiger partial charge in [-0.2, -0.15) is 10.1 Å². The summed E-state index contributed by atoms with van der Waals surface area (Å²) in [6.45, 7) is 10.1. The van der Waals surface area contributed by atoms with E-state index in [0.717, 1.165) is 5.82 Å². The summed E-state index contributed by atoms with van der Waals surface area (Å²) < 4.78 is 7.01. The van der Waals surface area contributed by atoms with Gasteiger partial charge in [0, 0.05) is 30.4 Å². The molecule has 0 saturated heterocycles. The molecule has 0 saturated carbocycles. The minimum absolute atomic E-state index is 0.0389. The third-order valence-corrected chi connectivity index (χ3v) is 3.36. The first kappa shape index (κ1) is 17.2. The maximum atomic E-state index is 12.0. The van der Waals surface area contributed by atoms with Crippen LogP contribution in [-0.2, 0) is 16.6 Å². The van der Waals surface area contributed by atoms with Gasteiger partial charge in [0.2, 0.25) is 11.8 Å². The molecule has 2 rings (SSSR count). The summed E-state index contributed by atoms with van der Waals surface area (Å²) in [4.78, 5) is 16.4. The molecule has 0 spiro atoms. The summed E-state index contributed by atoms with van der Waals surface area (Å²) in [5, 5.41) is 11.1. The molecule has 7 heteroatoms. The quantitative estimate of drug-likeness (QED) is 0.884. The molecule has 1 amide bonds. The molecule has 0 fully saturated rings. The van der Waals surface area contributed by atoms with Gasteiger partial charge in [0.15, 0.2) is 5.82 Å². The number of aryl methyl sites for hydroxylation is 1. The standard InChI is InChI=1S/C16H25N5O2/c1-11(2)21-12(9-10-17-21)18-13(22)7-6-8-14-19-15(20-23-14)16(3,4)5/h9-11H,6-8H2,1-5H3,(H,18,22). The van der Waals surface area contributed by atoms with E-state index >= 15 is 0 Å². The van der Waals surface area contributed by atoms with Crippen molar-refractivity contribution in [2.24, 2.45) is 0 Å². The molecule has 1 N–H and O–H groups in total. The fraction of sp³-hybridized carbons (Fsp3) is 0.625. The van der Waals surface area contributed by atoms with Gasteiger partial charge in [0.05, 0.1) is 6.20 Å². The Hall–Kier alpha value is -2.18. The number of aromatic nitrogens is 4. The number of rotatable bonds is 6. The van der Waals surface area contributed by atoms with Crippen molar-refractivity contribution in [1.82, 2.24) is 19.9 Å². The van der Waals surface area contributed by atoms with Crippen molar-refractivity contribution in [3.8, 4) is 0 Å². The van der Waals surface area contributed by atoms with Crippen molar-refractivity contribution >= 4 is 11.7 Å². The Balaban J connectivity index is 1.81. The molecule has 0 aliphatic carbocycles. The lowest BCUT2D eigenvalue weighted by Crippen LogP contribution is -2.16. The Labute approximate surface area is 136 Å². The summed E-state index contributed by atoms with van der Waals surface area (Å²) in [7, 11) is 0. The average Bonchev–Trinajstić information content (AvgIpc) is 3.06. The summed E-state index contributed by atoms with van der Waals surface area (Å²) >= 11 is 0. The highest BCUT2D eigenvalue weighted by Gasteiger charge is 2.20. The van der Waals surface area contributed by atoms with Crippen molar-refractivity contribution in [1.29, 1.82) is 0 Å². The van der Waals surface area contributed by atoms with Crippen molar-refractivity contribution < 1.29 is 9.32 Å². The first-order valence-corrected chi connectivity index (χ1v) is 7.94. The van der Waals surface area contributed by atoms with E-state index in [1.165, 1.54) is 0 Å². The van der Waals surface area contributed by atoms with Crippen LogP contribution in [0.5, 0.6) is 0 Å². The van der Waals surface area contributed by atoms with Crippen LogP contribution in [0.3, 0.4) is 0 Å². The molecule has 0 unspecified atom stereocenters. The second-order valence-corrected chi connectivity index (χ2v) is 6.92. The number of hydrogen-bond acceptors (Lipinski definition) is 5. The van der Waals surface area contributed by atoms with Crippen LogP contribution >= 0.6 is 0 Å². The van der Waals surface area contributed by atoms with Gasteiger partial charge in [-0.05, 0) is 20.3 Å². The smallest absolute Gasteiger partial charge is 0.226 e. The van der Waals surface area contributed by atoms with E-state index in [0.29, 0.717) is 31.0 Å². The molecule has 0 aliphatic heterocycles. The molecule has 23 heavy (non-hydrogen) atoms. The maximum Gasteiger partial charge on any atom is 0.226 e. The molecule has 0 radical (unpaired) electrons.